The molecule has 1 atom stereocenters. The first-order chi connectivity index (χ1) is 15.5. The average Bonchev–Trinajstić information content (AvgIpc) is 2.82. The molecule has 0 heterocycles. The zero-order chi connectivity index (χ0) is 23.4. The van der Waals surface area contributed by atoms with E-state index in [4.69, 9.17) is 9.47 Å². The van der Waals surface area contributed by atoms with E-state index >= 15 is 0 Å². The molecule has 4 nitrogen and oxygen atoms in total. The summed E-state index contributed by atoms with van der Waals surface area (Å²) in [5, 5.41) is 2.11. The minimum Gasteiger partial charge on any atom is -0.497 e. The molecular weight excluding hydrogens is 398 g/mol. The minimum absolute atomic E-state index is 0.250. The molecule has 0 aliphatic heterocycles. The molecule has 0 radical (unpaired) electrons. The van der Waals surface area contributed by atoms with Crippen molar-refractivity contribution >= 4 is 16.7 Å². The van der Waals surface area contributed by atoms with Gasteiger partial charge in [0.05, 0.1) is 13.7 Å². The van der Waals surface area contributed by atoms with Gasteiger partial charge in [0, 0.05) is 38.8 Å². The van der Waals surface area contributed by atoms with Crippen LogP contribution in [-0.2, 0) is 15.1 Å². The Hall–Kier alpha value is -2.95. The van der Waals surface area contributed by atoms with Crippen molar-refractivity contribution in [2.45, 2.75) is 58.9 Å². The molecule has 0 aliphatic rings. The lowest BCUT2D eigenvalue weighted by Gasteiger charge is -2.39. The van der Waals surface area contributed by atoms with Gasteiger partial charge in [-0.15, -0.1) is 23.7 Å². The van der Waals surface area contributed by atoms with Gasteiger partial charge in [-0.05, 0) is 48.4 Å². The highest BCUT2D eigenvalue weighted by molar-refractivity contribution is 5.88. The van der Waals surface area contributed by atoms with E-state index in [1.807, 2.05) is 58.0 Å². The third-order valence-electron chi connectivity index (χ3n) is 5.53. The van der Waals surface area contributed by atoms with Crippen LogP contribution in [0.1, 0.15) is 58.9 Å². The van der Waals surface area contributed by atoms with Gasteiger partial charge >= 0.3 is 5.97 Å². The lowest BCUT2D eigenvalue weighted by Crippen LogP contribution is -2.51. The van der Waals surface area contributed by atoms with Crippen molar-refractivity contribution in [1.29, 1.82) is 0 Å². The van der Waals surface area contributed by atoms with Gasteiger partial charge in [-0.1, -0.05) is 32.0 Å². The van der Waals surface area contributed by atoms with Crippen LogP contribution in [0, 0.1) is 23.7 Å². The fourth-order valence-electron chi connectivity index (χ4n) is 3.72. The number of hydrogen-bond donors (Lipinski definition) is 0. The molecule has 2 rings (SSSR count). The average molecular weight is 434 g/mol. The largest absolute Gasteiger partial charge is 0.497 e. The number of nitrogens with zero attached hydrogens (tertiary/aromatic N) is 1. The van der Waals surface area contributed by atoms with Gasteiger partial charge in [-0.2, -0.15) is 0 Å². The maximum atomic E-state index is 13.4. The number of rotatable bonds is 9. The summed E-state index contributed by atoms with van der Waals surface area (Å²) >= 11 is 0. The third-order valence-corrected chi connectivity index (χ3v) is 5.53. The van der Waals surface area contributed by atoms with E-state index in [9.17, 15) is 4.79 Å². The van der Waals surface area contributed by atoms with E-state index in [-0.39, 0.29) is 5.97 Å². The van der Waals surface area contributed by atoms with Crippen LogP contribution in [0.5, 0.6) is 5.75 Å². The second-order valence-corrected chi connectivity index (χ2v) is 7.62. The summed E-state index contributed by atoms with van der Waals surface area (Å²) in [6.45, 7) is 9.53. The molecule has 0 aromatic heterocycles. The highest BCUT2D eigenvalue weighted by atomic mass is 16.5. The van der Waals surface area contributed by atoms with Gasteiger partial charge in [-0.3, -0.25) is 4.90 Å². The number of hydrogen-bond acceptors (Lipinski definition) is 4. The molecule has 2 aromatic rings. The Labute approximate surface area is 193 Å². The fourth-order valence-corrected chi connectivity index (χ4v) is 3.72. The zero-order valence-electron chi connectivity index (χ0n) is 20.1. The molecule has 0 fully saturated rings. The normalized spacial score (nSPS) is 12.3. The molecule has 0 bridgehead atoms. The van der Waals surface area contributed by atoms with E-state index in [0.717, 1.165) is 34.9 Å². The summed E-state index contributed by atoms with van der Waals surface area (Å²) in [7, 11) is 1.66. The lowest BCUT2D eigenvalue weighted by atomic mass is 9.87. The summed E-state index contributed by atoms with van der Waals surface area (Å²) < 4.78 is 10.9. The number of carbonyl (C=O) groups is 1. The Morgan fingerprint density at radius 2 is 1.50 bits per heavy atom. The van der Waals surface area contributed by atoms with Gasteiger partial charge in [0.1, 0.15) is 11.3 Å². The molecule has 1 unspecified atom stereocenters. The molecule has 0 spiro atoms. The molecule has 0 saturated heterocycles. The lowest BCUT2D eigenvalue weighted by molar-refractivity contribution is -0.158. The Bertz CT molecular complexity index is 996. The van der Waals surface area contributed by atoms with Crippen LogP contribution >= 0.6 is 0 Å². The highest BCUT2D eigenvalue weighted by Crippen LogP contribution is 2.33. The maximum Gasteiger partial charge on any atom is 0.330 e. The van der Waals surface area contributed by atoms with Crippen molar-refractivity contribution in [3.63, 3.8) is 0 Å². The standard InChI is InChI=1S/C28H35NO3/c1-6-9-11-13-19-29(20-14-12-10-7-2)28(4,27(30)32-8-3)25-17-15-24-22-26(31-5)18-16-23(24)21-25/h15-18,21-22H,6-8,13-14,19-20H2,1-5H3. The Kier molecular flexibility index (Phi) is 10.1. The molecule has 32 heavy (non-hydrogen) atoms. The number of fused-ring (bicyclic) bond motifs is 1. The highest BCUT2D eigenvalue weighted by Gasteiger charge is 2.42. The number of carbonyl (C=O) groups excluding carboxylic acids is 1. The number of esters is 1. The third kappa shape index (κ3) is 6.28. The van der Waals surface area contributed by atoms with Gasteiger partial charge in [0.25, 0.3) is 0 Å². The maximum absolute atomic E-state index is 13.4. The molecule has 170 valence electrons. The van der Waals surface area contributed by atoms with Crippen molar-refractivity contribution < 1.29 is 14.3 Å². The van der Waals surface area contributed by atoms with E-state index < -0.39 is 5.54 Å². The fraction of sp³-hybridized carbons (Fsp3) is 0.464. The molecule has 0 amide bonds. The van der Waals surface area contributed by atoms with Crippen LogP contribution in [0.3, 0.4) is 0 Å². The van der Waals surface area contributed by atoms with Crippen molar-refractivity contribution in [2.24, 2.45) is 0 Å². The quantitative estimate of drug-likeness (QED) is 0.385. The first-order valence-electron chi connectivity index (χ1n) is 11.4. The number of methoxy groups -OCH3 is 1. The zero-order valence-corrected chi connectivity index (χ0v) is 20.1. The van der Waals surface area contributed by atoms with E-state index in [1.54, 1.807) is 7.11 Å². The van der Waals surface area contributed by atoms with Crippen molar-refractivity contribution in [3.8, 4) is 29.4 Å². The van der Waals surface area contributed by atoms with Gasteiger partial charge in [0.15, 0.2) is 0 Å². The minimum atomic E-state index is -0.939. The molecular formula is C28H35NO3. The Balaban J connectivity index is 2.51. The van der Waals surface area contributed by atoms with Gasteiger partial charge in [-0.25, -0.2) is 4.79 Å². The molecule has 0 N–H and O–H groups in total. The van der Waals surface area contributed by atoms with Crippen molar-refractivity contribution in [2.75, 3.05) is 26.8 Å². The van der Waals surface area contributed by atoms with Crippen LogP contribution in [0.2, 0.25) is 0 Å². The predicted octanol–water partition coefficient (Wildman–Crippen LogP) is 5.54. The second kappa shape index (κ2) is 12.8. The van der Waals surface area contributed by atoms with Crippen LogP contribution in [0.25, 0.3) is 10.8 Å². The Morgan fingerprint density at radius 3 is 2.06 bits per heavy atom. The van der Waals surface area contributed by atoms with E-state index in [2.05, 4.69) is 34.6 Å². The summed E-state index contributed by atoms with van der Waals surface area (Å²) in [5.74, 6) is 13.2. The molecule has 0 saturated carbocycles. The van der Waals surface area contributed by atoms with Gasteiger partial charge < -0.3 is 9.47 Å². The Morgan fingerprint density at radius 1 is 0.906 bits per heavy atom. The summed E-state index contributed by atoms with van der Waals surface area (Å²) in [5.41, 5.74) is -0.0353. The molecule has 0 aliphatic carbocycles. The summed E-state index contributed by atoms with van der Waals surface area (Å²) in [6, 6.07) is 12.1. The molecule has 2 aromatic carbocycles. The number of ether oxygens (including phenoxy) is 2. The van der Waals surface area contributed by atoms with Crippen LogP contribution < -0.4 is 4.74 Å². The SMILES string of the molecule is CCC#CCCN(CCC#CCC)C(C)(C(=O)OCC)c1ccc2cc(OC)ccc2c1. The monoisotopic (exact) mass is 433 g/mol. The topological polar surface area (TPSA) is 38.8 Å². The predicted molar refractivity (Wildman–Crippen MR) is 131 cm³/mol. The van der Waals surface area contributed by atoms with E-state index in [1.165, 1.54) is 0 Å². The summed E-state index contributed by atoms with van der Waals surface area (Å²) in [4.78, 5) is 15.5. The van der Waals surface area contributed by atoms with Crippen LogP contribution in [0.15, 0.2) is 36.4 Å². The number of benzene rings is 2. The van der Waals surface area contributed by atoms with Crippen LogP contribution in [0.4, 0.5) is 0 Å². The summed E-state index contributed by atoms with van der Waals surface area (Å²) in [6.07, 6.45) is 3.03. The first kappa shape index (κ1) is 25.3. The molecule has 4 heteroatoms. The van der Waals surface area contributed by atoms with Crippen LogP contribution in [-0.4, -0.2) is 37.7 Å². The second-order valence-electron chi connectivity index (χ2n) is 7.62. The van der Waals surface area contributed by atoms with Gasteiger partial charge in [0.2, 0.25) is 0 Å². The van der Waals surface area contributed by atoms with Crippen molar-refractivity contribution in [3.05, 3.63) is 42.0 Å². The smallest absolute Gasteiger partial charge is 0.330 e. The first-order valence-corrected chi connectivity index (χ1v) is 11.4. The van der Waals surface area contributed by atoms with Crippen molar-refractivity contribution in [1.82, 2.24) is 4.90 Å². The van der Waals surface area contributed by atoms with E-state index in [0.29, 0.717) is 32.5 Å².